The highest BCUT2D eigenvalue weighted by molar-refractivity contribution is 9.10. The maximum atomic E-state index is 9.67. The average Bonchev–Trinajstić information content (AvgIpc) is 2.68. The van der Waals surface area contributed by atoms with Crippen LogP contribution >= 0.6 is 27.5 Å². The molecule has 0 aliphatic rings. The monoisotopic (exact) mass is 422 g/mol. The third kappa shape index (κ3) is 4.60. The van der Waals surface area contributed by atoms with Crippen LogP contribution in [0.5, 0.6) is 0 Å². The Balaban J connectivity index is 1.99. The van der Waals surface area contributed by atoms with E-state index in [0.717, 1.165) is 26.9 Å². The lowest BCUT2D eigenvalue weighted by Crippen LogP contribution is -2.13. The molecule has 0 aromatic heterocycles. The fourth-order valence-corrected chi connectivity index (χ4v) is 3.43. The van der Waals surface area contributed by atoms with Crippen LogP contribution in [0.15, 0.2) is 88.3 Å². The van der Waals surface area contributed by atoms with E-state index < -0.39 is 6.04 Å². The predicted octanol–water partition coefficient (Wildman–Crippen LogP) is 6.07. The van der Waals surface area contributed by atoms with E-state index >= 15 is 0 Å². The molecule has 3 aromatic rings. The van der Waals surface area contributed by atoms with Gasteiger partial charge in [-0.3, -0.25) is 4.99 Å². The fraction of sp³-hybridized carbons (Fsp3) is 0.0909. The summed E-state index contributed by atoms with van der Waals surface area (Å²) in [5.41, 5.74) is 3.69. The zero-order chi connectivity index (χ0) is 18.4. The summed E-state index contributed by atoms with van der Waals surface area (Å²) >= 11 is 9.72. The molecule has 0 amide bonds. The first-order chi connectivity index (χ1) is 12.7. The number of hydrogen-bond donors (Lipinski definition) is 0. The van der Waals surface area contributed by atoms with E-state index in [1.54, 1.807) is 0 Å². The highest BCUT2D eigenvalue weighted by Gasteiger charge is 2.14. The van der Waals surface area contributed by atoms with E-state index in [1.165, 1.54) is 0 Å². The Kier molecular flexibility index (Phi) is 6.22. The van der Waals surface area contributed by atoms with Crippen molar-refractivity contribution in [1.29, 1.82) is 5.26 Å². The van der Waals surface area contributed by atoms with Crippen molar-refractivity contribution in [2.45, 2.75) is 12.5 Å². The summed E-state index contributed by atoms with van der Waals surface area (Å²) in [5, 5.41) is 10.3. The van der Waals surface area contributed by atoms with Crippen LogP contribution in [0.3, 0.4) is 0 Å². The quantitative estimate of drug-likeness (QED) is 0.458. The van der Waals surface area contributed by atoms with E-state index in [4.69, 9.17) is 16.6 Å². The van der Waals surface area contributed by atoms with Crippen molar-refractivity contribution in [3.05, 3.63) is 105 Å². The van der Waals surface area contributed by atoms with E-state index in [-0.39, 0.29) is 0 Å². The van der Waals surface area contributed by atoms with E-state index in [1.807, 2.05) is 78.9 Å². The summed E-state index contributed by atoms with van der Waals surface area (Å²) in [5.74, 6) is 0. The largest absolute Gasteiger partial charge is 0.265 e. The zero-order valence-electron chi connectivity index (χ0n) is 13.9. The third-order valence-corrected chi connectivity index (χ3v) is 4.80. The van der Waals surface area contributed by atoms with Crippen molar-refractivity contribution in [3.63, 3.8) is 0 Å². The Morgan fingerprint density at radius 1 is 0.962 bits per heavy atom. The molecule has 0 heterocycles. The van der Waals surface area contributed by atoms with Gasteiger partial charge >= 0.3 is 0 Å². The van der Waals surface area contributed by atoms with Gasteiger partial charge in [0.05, 0.1) is 11.8 Å². The Hall–Kier alpha value is -2.41. The summed E-state index contributed by atoms with van der Waals surface area (Å²) in [7, 11) is 0. The Labute approximate surface area is 166 Å². The Morgan fingerprint density at radius 3 is 2.04 bits per heavy atom. The molecular weight excluding hydrogens is 408 g/mol. The van der Waals surface area contributed by atoms with Gasteiger partial charge in [-0.1, -0.05) is 94.3 Å². The molecule has 0 aliphatic heterocycles. The molecular formula is C22H16BrClN2. The minimum atomic E-state index is -0.524. The lowest BCUT2D eigenvalue weighted by molar-refractivity contribution is 0.825. The van der Waals surface area contributed by atoms with Crippen LogP contribution in [0.25, 0.3) is 0 Å². The molecule has 128 valence electrons. The molecule has 26 heavy (non-hydrogen) atoms. The van der Waals surface area contributed by atoms with Crippen LogP contribution in [0.4, 0.5) is 0 Å². The normalized spacial score (nSPS) is 11.4. The van der Waals surface area contributed by atoms with Gasteiger partial charge in [-0.15, -0.1) is 0 Å². The second-order valence-corrected chi connectivity index (χ2v) is 7.12. The zero-order valence-corrected chi connectivity index (χ0v) is 16.3. The molecule has 0 aliphatic carbocycles. The summed E-state index contributed by atoms with van der Waals surface area (Å²) in [6.45, 7) is 0. The smallest absolute Gasteiger partial charge is 0.141 e. The minimum Gasteiger partial charge on any atom is -0.265 e. The van der Waals surface area contributed by atoms with Crippen molar-refractivity contribution in [2.24, 2.45) is 4.99 Å². The maximum absolute atomic E-state index is 9.67. The first-order valence-corrected chi connectivity index (χ1v) is 9.36. The molecule has 0 fully saturated rings. The van der Waals surface area contributed by atoms with Gasteiger partial charge in [-0.25, -0.2) is 0 Å². The van der Waals surface area contributed by atoms with Crippen LogP contribution in [0, 0.1) is 11.3 Å². The molecule has 1 unspecified atom stereocenters. The molecule has 0 spiro atoms. The van der Waals surface area contributed by atoms with Gasteiger partial charge in [-0.2, -0.15) is 5.26 Å². The van der Waals surface area contributed by atoms with Crippen molar-refractivity contribution < 1.29 is 0 Å². The first-order valence-electron chi connectivity index (χ1n) is 8.19. The van der Waals surface area contributed by atoms with E-state index in [2.05, 4.69) is 22.0 Å². The molecule has 1 atom stereocenters. The number of halogens is 2. The Morgan fingerprint density at radius 2 is 1.54 bits per heavy atom. The van der Waals surface area contributed by atoms with Crippen molar-refractivity contribution in [1.82, 2.24) is 0 Å². The Bertz CT molecular complexity index is 905. The van der Waals surface area contributed by atoms with Crippen LogP contribution in [-0.4, -0.2) is 11.8 Å². The lowest BCUT2D eigenvalue weighted by Gasteiger charge is -2.12. The van der Waals surface area contributed by atoms with Gasteiger partial charge in [0, 0.05) is 27.0 Å². The third-order valence-electron chi connectivity index (χ3n) is 3.96. The van der Waals surface area contributed by atoms with Crippen LogP contribution < -0.4 is 0 Å². The molecule has 0 radical (unpaired) electrons. The van der Waals surface area contributed by atoms with Crippen molar-refractivity contribution >= 4 is 33.2 Å². The van der Waals surface area contributed by atoms with Crippen molar-refractivity contribution in [2.75, 3.05) is 0 Å². The number of benzene rings is 3. The summed E-state index contributed by atoms with van der Waals surface area (Å²) in [6.07, 6.45) is 0.464. The van der Waals surface area contributed by atoms with Gasteiger partial charge in [-0.05, 0) is 17.7 Å². The van der Waals surface area contributed by atoms with Gasteiger partial charge < -0.3 is 0 Å². The molecule has 3 aromatic carbocycles. The van der Waals surface area contributed by atoms with Crippen LogP contribution in [0.2, 0.25) is 5.02 Å². The molecule has 2 nitrogen and oxygen atoms in total. The fourth-order valence-electron chi connectivity index (χ4n) is 2.68. The molecule has 3 rings (SSSR count). The maximum Gasteiger partial charge on any atom is 0.141 e. The number of nitriles is 1. The van der Waals surface area contributed by atoms with Gasteiger partial charge in [0.15, 0.2) is 0 Å². The van der Waals surface area contributed by atoms with Gasteiger partial charge in [0.2, 0.25) is 0 Å². The summed E-state index contributed by atoms with van der Waals surface area (Å²) in [6, 6.07) is 27.3. The average molecular weight is 424 g/mol. The van der Waals surface area contributed by atoms with Crippen LogP contribution in [0.1, 0.15) is 16.7 Å². The van der Waals surface area contributed by atoms with E-state index in [0.29, 0.717) is 11.4 Å². The van der Waals surface area contributed by atoms with E-state index in [9.17, 15) is 5.26 Å². The lowest BCUT2D eigenvalue weighted by atomic mass is 10.0. The molecule has 4 heteroatoms. The minimum absolute atomic E-state index is 0.464. The second kappa shape index (κ2) is 8.80. The number of rotatable bonds is 5. The van der Waals surface area contributed by atoms with Gasteiger partial charge in [0.1, 0.15) is 6.04 Å². The molecule has 0 bridgehead atoms. The SMILES string of the molecule is N#CC(Cc1ccc(Br)cc1Cl)N=C(c1ccccc1)c1ccccc1. The number of nitrogens with zero attached hydrogens (tertiary/aromatic N) is 2. The first kappa shape index (κ1) is 18.4. The topological polar surface area (TPSA) is 36.1 Å². The number of aliphatic imine (C=N–C) groups is 1. The highest BCUT2D eigenvalue weighted by atomic mass is 79.9. The summed E-state index contributed by atoms with van der Waals surface area (Å²) in [4.78, 5) is 4.78. The molecule has 0 N–H and O–H groups in total. The van der Waals surface area contributed by atoms with Gasteiger partial charge in [0.25, 0.3) is 0 Å². The standard InChI is InChI=1S/C22H16BrClN2/c23-19-12-11-18(21(24)14-19)13-20(15-25)26-22(16-7-3-1-4-8-16)17-9-5-2-6-10-17/h1-12,14,20H,13H2. The molecule has 0 saturated heterocycles. The predicted molar refractivity (Wildman–Crippen MR) is 111 cm³/mol. The second-order valence-electron chi connectivity index (χ2n) is 5.79. The van der Waals surface area contributed by atoms with Crippen LogP contribution in [-0.2, 0) is 6.42 Å². The number of hydrogen-bond acceptors (Lipinski definition) is 2. The van der Waals surface area contributed by atoms with Crippen molar-refractivity contribution in [3.8, 4) is 6.07 Å². The highest BCUT2D eigenvalue weighted by Crippen LogP contribution is 2.23. The summed E-state index contributed by atoms with van der Waals surface area (Å²) < 4.78 is 0.914. The molecule has 0 saturated carbocycles.